The molecule has 2 aromatic rings. The fraction of sp³-hybridized carbons (Fsp3) is 0.400. The maximum Gasteiger partial charge on any atom is 0.123 e. The molecule has 1 fully saturated rings. The fourth-order valence-corrected chi connectivity index (χ4v) is 3.41. The first-order valence-electron chi connectivity index (χ1n) is 8.73. The molecule has 1 atom stereocenters. The van der Waals surface area contributed by atoms with Crippen molar-refractivity contribution < 1.29 is 9.13 Å². The van der Waals surface area contributed by atoms with Crippen molar-refractivity contribution in [2.24, 2.45) is 0 Å². The van der Waals surface area contributed by atoms with Gasteiger partial charge in [-0.25, -0.2) is 4.39 Å². The average molecular weight is 360 g/mol. The Morgan fingerprint density at radius 1 is 0.960 bits per heavy atom. The number of nitrogens with zero attached hydrogens (tertiary/aromatic N) is 2. The van der Waals surface area contributed by atoms with E-state index in [1.165, 1.54) is 17.7 Å². The minimum absolute atomic E-state index is 0.184. The van der Waals surface area contributed by atoms with Gasteiger partial charge in [-0.15, -0.1) is 0 Å². The van der Waals surface area contributed by atoms with Crippen LogP contribution in [0, 0.1) is 5.82 Å². The number of piperazine rings is 1. The second kappa shape index (κ2) is 9.22. The first-order chi connectivity index (χ1) is 12.2. The Morgan fingerprint density at radius 2 is 1.64 bits per heavy atom. The molecule has 0 spiro atoms. The molecular weight excluding hydrogens is 335 g/mol. The van der Waals surface area contributed by atoms with E-state index in [-0.39, 0.29) is 11.1 Å². The summed E-state index contributed by atoms with van der Waals surface area (Å²) in [6.45, 7) is 6.11. The molecule has 1 aliphatic rings. The largest absolute Gasteiger partial charge is 0.376 e. The molecule has 25 heavy (non-hydrogen) atoms. The van der Waals surface area contributed by atoms with Crippen molar-refractivity contribution in [3.8, 4) is 0 Å². The lowest BCUT2D eigenvalue weighted by Crippen LogP contribution is -2.48. The van der Waals surface area contributed by atoms with Crippen LogP contribution in [0.4, 0.5) is 10.1 Å². The van der Waals surface area contributed by atoms with Crippen molar-refractivity contribution in [1.82, 2.24) is 4.90 Å². The molecule has 0 N–H and O–H groups in total. The lowest BCUT2D eigenvalue weighted by Gasteiger charge is -2.37. The van der Waals surface area contributed by atoms with Gasteiger partial charge in [0.05, 0.1) is 13.2 Å². The lowest BCUT2D eigenvalue weighted by molar-refractivity contribution is 0.112. The minimum Gasteiger partial charge on any atom is -0.376 e. The van der Waals surface area contributed by atoms with E-state index in [9.17, 15) is 4.39 Å². The van der Waals surface area contributed by atoms with E-state index in [1.807, 2.05) is 30.3 Å². The molecule has 3 nitrogen and oxygen atoms in total. The number of rotatable bonds is 7. The summed E-state index contributed by atoms with van der Waals surface area (Å²) in [5.74, 6) is -0.184. The first kappa shape index (κ1) is 18.2. The van der Waals surface area contributed by atoms with Crippen LogP contribution < -0.4 is 4.90 Å². The monoisotopic (exact) mass is 360 g/mol. The van der Waals surface area contributed by atoms with E-state index < -0.39 is 0 Å². The number of hydrogen-bond donors (Lipinski definition) is 1. The van der Waals surface area contributed by atoms with Gasteiger partial charge in [-0.05, 0) is 29.8 Å². The molecule has 134 valence electrons. The van der Waals surface area contributed by atoms with Gasteiger partial charge in [0, 0.05) is 43.7 Å². The standard InChI is InChI=1S/C20H25FN2OS/c21-18-6-8-19(9-7-18)23-12-10-22(11-13-23)14-20(25)16-24-15-17-4-2-1-3-5-17/h1-9,20,25H,10-16H2/t20-/m0/s1. The summed E-state index contributed by atoms with van der Waals surface area (Å²) in [5, 5.41) is 0.209. The van der Waals surface area contributed by atoms with Crippen molar-refractivity contribution in [2.75, 3.05) is 44.2 Å². The van der Waals surface area contributed by atoms with Gasteiger partial charge in [0.15, 0.2) is 0 Å². The van der Waals surface area contributed by atoms with Crippen LogP contribution in [0.3, 0.4) is 0 Å². The van der Waals surface area contributed by atoms with Crippen LogP contribution in [0.5, 0.6) is 0 Å². The van der Waals surface area contributed by atoms with Crippen LogP contribution in [0.25, 0.3) is 0 Å². The molecule has 3 rings (SSSR count). The van der Waals surface area contributed by atoms with Gasteiger partial charge < -0.3 is 9.64 Å². The Bertz CT molecular complexity index is 630. The molecule has 2 aromatic carbocycles. The van der Waals surface area contributed by atoms with E-state index >= 15 is 0 Å². The van der Waals surface area contributed by atoms with Crippen LogP contribution in [-0.2, 0) is 11.3 Å². The van der Waals surface area contributed by atoms with Gasteiger partial charge >= 0.3 is 0 Å². The van der Waals surface area contributed by atoms with Gasteiger partial charge in [0.25, 0.3) is 0 Å². The minimum atomic E-state index is -0.184. The van der Waals surface area contributed by atoms with Crippen molar-refractivity contribution in [1.29, 1.82) is 0 Å². The molecule has 1 aliphatic heterocycles. The van der Waals surface area contributed by atoms with Crippen molar-refractivity contribution in [3.05, 3.63) is 66.0 Å². The molecule has 0 saturated carbocycles. The van der Waals surface area contributed by atoms with Crippen LogP contribution >= 0.6 is 12.6 Å². The van der Waals surface area contributed by atoms with Crippen molar-refractivity contribution >= 4 is 18.3 Å². The van der Waals surface area contributed by atoms with Crippen LogP contribution in [0.2, 0.25) is 0 Å². The normalized spacial score (nSPS) is 16.8. The summed E-state index contributed by atoms with van der Waals surface area (Å²) in [6, 6.07) is 17.0. The third-order valence-electron chi connectivity index (χ3n) is 4.45. The Kier molecular flexibility index (Phi) is 6.73. The fourth-order valence-electron chi connectivity index (χ4n) is 3.08. The average Bonchev–Trinajstić information content (AvgIpc) is 2.64. The van der Waals surface area contributed by atoms with E-state index in [1.54, 1.807) is 0 Å². The summed E-state index contributed by atoms with van der Waals surface area (Å²) >= 11 is 4.67. The second-order valence-electron chi connectivity index (χ2n) is 6.42. The van der Waals surface area contributed by atoms with E-state index in [4.69, 9.17) is 4.74 Å². The highest BCUT2D eigenvalue weighted by Gasteiger charge is 2.19. The lowest BCUT2D eigenvalue weighted by atomic mass is 10.2. The number of hydrogen-bond acceptors (Lipinski definition) is 4. The number of thiol groups is 1. The van der Waals surface area contributed by atoms with Gasteiger partial charge in [-0.2, -0.15) is 12.6 Å². The Balaban J connectivity index is 1.36. The summed E-state index contributed by atoms with van der Waals surface area (Å²) in [6.07, 6.45) is 0. The molecule has 0 radical (unpaired) electrons. The van der Waals surface area contributed by atoms with Crippen LogP contribution in [0.1, 0.15) is 5.56 Å². The quantitative estimate of drug-likeness (QED) is 0.762. The first-order valence-corrected chi connectivity index (χ1v) is 9.25. The predicted molar refractivity (Wildman–Crippen MR) is 104 cm³/mol. The predicted octanol–water partition coefficient (Wildman–Crippen LogP) is 3.46. The highest BCUT2D eigenvalue weighted by molar-refractivity contribution is 7.81. The van der Waals surface area contributed by atoms with E-state index in [0.29, 0.717) is 13.2 Å². The van der Waals surface area contributed by atoms with Crippen molar-refractivity contribution in [3.63, 3.8) is 0 Å². The van der Waals surface area contributed by atoms with Gasteiger partial charge in [0.1, 0.15) is 5.82 Å². The maximum atomic E-state index is 13.0. The molecule has 0 unspecified atom stereocenters. The van der Waals surface area contributed by atoms with Gasteiger partial charge in [0.2, 0.25) is 0 Å². The van der Waals surface area contributed by atoms with E-state index in [0.717, 1.165) is 38.4 Å². The molecule has 0 aliphatic carbocycles. The van der Waals surface area contributed by atoms with Gasteiger partial charge in [-0.1, -0.05) is 30.3 Å². The highest BCUT2D eigenvalue weighted by atomic mass is 32.1. The Hall–Kier alpha value is -1.56. The maximum absolute atomic E-state index is 13.0. The molecular formula is C20H25FN2OS. The number of ether oxygens (including phenoxy) is 1. The summed E-state index contributed by atoms with van der Waals surface area (Å²) in [5.41, 5.74) is 2.28. The van der Waals surface area contributed by atoms with Gasteiger partial charge in [-0.3, -0.25) is 4.90 Å². The molecule has 0 aromatic heterocycles. The zero-order valence-corrected chi connectivity index (χ0v) is 15.2. The molecule has 1 saturated heterocycles. The molecule has 0 bridgehead atoms. The number of anilines is 1. The summed E-state index contributed by atoms with van der Waals surface area (Å²) < 4.78 is 18.8. The number of benzene rings is 2. The third kappa shape index (κ3) is 5.73. The molecule has 1 heterocycles. The highest BCUT2D eigenvalue weighted by Crippen LogP contribution is 2.17. The third-order valence-corrected chi connectivity index (χ3v) is 4.77. The second-order valence-corrected chi connectivity index (χ2v) is 7.15. The number of halogens is 1. The SMILES string of the molecule is Fc1ccc(N2CCN(C[C@H](S)COCc3ccccc3)CC2)cc1. The van der Waals surface area contributed by atoms with Crippen LogP contribution in [-0.4, -0.2) is 49.5 Å². The Morgan fingerprint density at radius 3 is 2.32 bits per heavy atom. The summed E-state index contributed by atoms with van der Waals surface area (Å²) in [7, 11) is 0. The smallest absolute Gasteiger partial charge is 0.123 e. The molecule has 0 amide bonds. The molecule has 5 heteroatoms. The van der Waals surface area contributed by atoms with Crippen molar-refractivity contribution in [2.45, 2.75) is 11.9 Å². The van der Waals surface area contributed by atoms with Crippen LogP contribution in [0.15, 0.2) is 54.6 Å². The topological polar surface area (TPSA) is 15.7 Å². The van der Waals surface area contributed by atoms with E-state index in [2.05, 4.69) is 34.6 Å². The summed E-state index contributed by atoms with van der Waals surface area (Å²) in [4.78, 5) is 4.72. The zero-order chi connectivity index (χ0) is 17.5. The Labute approximate surface area is 154 Å². The zero-order valence-electron chi connectivity index (χ0n) is 14.4.